The first-order valence-electron chi connectivity index (χ1n) is 5.62. The molecule has 0 saturated carbocycles. The van der Waals surface area contributed by atoms with E-state index in [1.165, 1.54) is 6.07 Å². The third-order valence-electron chi connectivity index (χ3n) is 2.86. The smallest absolute Gasteiger partial charge is 0.246 e. The van der Waals surface area contributed by atoms with E-state index < -0.39 is 26.8 Å². The number of benzene rings is 1. The van der Waals surface area contributed by atoms with Gasteiger partial charge in [0.25, 0.3) is 0 Å². The van der Waals surface area contributed by atoms with E-state index in [0.29, 0.717) is 0 Å². The molecular formula is C11H13ClFNO4S. The molecule has 1 saturated heterocycles. The zero-order valence-electron chi connectivity index (χ0n) is 9.92. The Labute approximate surface area is 115 Å². The number of hydrogen-bond acceptors (Lipinski definition) is 4. The molecule has 1 aliphatic heterocycles. The summed E-state index contributed by atoms with van der Waals surface area (Å²) in [6, 6.07) is 2.68. The van der Waals surface area contributed by atoms with Gasteiger partial charge in [0.05, 0.1) is 25.9 Å². The van der Waals surface area contributed by atoms with E-state index in [2.05, 4.69) is 0 Å². The van der Waals surface area contributed by atoms with Gasteiger partial charge in [-0.25, -0.2) is 12.8 Å². The lowest BCUT2D eigenvalue weighted by atomic mass is 10.3. The number of aliphatic hydroxyl groups excluding tert-OH is 1. The predicted octanol–water partition coefficient (Wildman–Crippen LogP) is 0.861. The first-order valence-corrected chi connectivity index (χ1v) is 7.44. The summed E-state index contributed by atoms with van der Waals surface area (Å²) in [7, 11) is -4.01. The number of morpholine rings is 1. The summed E-state index contributed by atoms with van der Waals surface area (Å²) in [5.41, 5.74) is 0. The molecule has 1 N–H and O–H groups in total. The molecule has 1 aliphatic rings. The van der Waals surface area contributed by atoms with Gasteiger partial charge in [0.2, 0.25) is 10.0 Å². The van der Waals surface area contributed by atoms with Crippen LogP contribution >= 0.6 is 11.6 Å². The van der Waals surface area contributed by atoms with E-state index in [0.717, 1.165) is 16.4 Å². The molecule has 1 heterocycles. The van der Waals surface area contributed by atoms with Gasteiger partial charge in [-0.3, -0.25) is 0 Å². The van der Waals surface area contributed by atoms with Crippen LogP contribution in [0.4, 0.5) is 4.39 Å². The molecule has 1 unspecified atom stereocenters. The Kier molecular flexibility index (Phi) is 4.42. The average molecular weight is 310 g/mol. The summed E-state index contributed by atoms with van der Waals surface area (Å²) in [6.07, 6.45) is 0. The first kappa shape index (κ1) is 14.7. The van der Waals surface area contributed by atoms with Gasteiger partial charge in [0.15, 0.2) is 0 Å². The van der Waals surface area contributed by atoms with Gasteiger partial charge in [-0.1, -0.05) is 11.6 Å². The van der Waals surface area contributed by atoms with Crippen molar-refractivity contribution in [3.63, 3.8) is 0 Å². The second kappa shape index (κ2) is 5.72. The molecule has 0 aliphatic carbocycles. The van der Waals surface area contributed by atoms with Gasteiger partial charge >= 0.3 is 0 Å². The number of ether oxygens (including phenoxy) is 1. The molecule has 0 radical (unpaired) electrons. The van der Waals surface area contributed by atoms with Gasteiger partial charge in [0, 0.05) is 11.6 Å². The van der Waals surface area contributed by atoms with Crippen LogP contribution in [0, 0.1) is 5.82 Å². The van der Waals surface area contributed by atoms with Crippen molar-refractivity contribution in [2.75, 3.05) is 26.4 Å². The number of hydrogen-bond donors (Lipinski definition) is 1. The molecule has 106 valence electrons. The third kappa shape index (κ3) is 2.90. The van der Waals surface area contributed by atoms with Crippen LogP contribution in [-0.4, -0.2) is 50.2 Å². The van der Waals surface area contributed by atoms with E-state index in [9.17, 15) is 17.9 Å². The highest BCUT2D eigenvalue weighted by Gasteiger charge is 2.35. The summed E-state index contributed by atoms with van der Waals surface area (Å²) >= 11 is 5.60. The van der Waals surface area contributed by atoms with E-state index in [-0.39, 0.29) is 31.4 Å². The van der Waals surface area contributed by atoms with Gasteiger partial charge < -0.3 is 9.84 Å². The maximum Gasteiger partial charge on any atom is 0.246 e. The lowest BCUT2D eigenvalue weighted by Crippen LogP contribution is -2.50. The molecule has 0 amide bonds. The highest BCUT2D eigenvalue weighted by Crippen LogP contribution is 2.24. The average Bonchev–Trinajstić information content (AvgIpc) is 2.38. The highest BCUT2D eigenvalue weighted by atomic mass is 35.5. The Morgan fingerprint density at radius 3 is 2.89 bits per heavy atom. The standard InChI is InChI=1S/C11H13ClFNO4S/c12-8-1-2-11(10(13)5-8)19(16,17)14-3-4-18-7-9(14)6-15/h1-2,5,9,15H,3-4,6-7H2. The summed E-state index contributed by atoms with van der Waals surface area (Å²) in [4.78, 5) is -0.447. The summed E-state index contributed by atoms with van der Waals surface area (Å²) in [5, 5.41) is 9.31. The minimum absolute atomic E-state index is 0.0790. The molecule has 5 nitrogen and oxygen atoms in total. The molecule has 1 aromatic rings. The normalized spacial score (nSPS) is 21.5. The fourth-order valence-electron chi connectivity index (χ4n) is 1.91. The van der Waals surface area contributed by atoms with Gasteiger partial charge in [-0.2, -0.15) is 4.31 Å². The number of halogens is 2. The van der Waals surface area contributed by atoms with Crippen molar-refractivity contribution in [3.05, 3.63) is 29.0 Å². The van der Waals surface area contributed by atoms with E-state index in [1.54, 1.807) is 0 Å². The van der Waals surface area contributed by atoms with Crippen molar-refractivity contribution < 1.29 is 22.7 Å². The fraction of sp³-hybridized carbons (Fsp3) is 0.455. The molecule has 1 atom stereocenters. The van der Waals surface area contributed by atoms with Crippen LogP contribution in [0.25, 0.3) is 0 Å². The van der Waals surface area contributed by atoms with Crippen LogP contribution in [0.2, 0.25) is 5.02 Å². The number of sulfonamides is 1. The molecule has 8 heteroatoms. The van der Waals surface area contributed by atoms with Crippen molar-refractivity contribution in [3.8, 4) is 0 Å². The Bertz CT molecular complexity index is 566. The van der Waals surface area contributed by atoms with Crippen LogP contribution in [-0.2, 0) is 14.8 Å². The van der Waals surface area contributed by atoms with Gasteiger partial charge in [-0.15, -0.1) is 0 Å². The second-order valence-electron chi connectivity index (χ2n) is 4.10. The number of rotatable bonds is 3. The minimum atomic E-state index is -4.01. The van der Waals surface area contributed by atoms with E-state index in [1.807, 2.05) is 0 Å². The quantitative estimate of drug-likeness (QED) is 0.899. The van der Waals surface area contributed by atoms with Crippen LogP contribution in [0.3, 0.4) is 0 Å². The van der Waals surface area contributed by atoms with Crippen LogP contribution in [0.15, 0.2) is 23.1 Å². The number of aliphatic hydroxyl groups is 1. The van der Waals surface area contributed by atoms with E-state index in [4.69, 9.17) is 16.3 Å². The van der Waals surface area contributed by atoms with Gasteiger partial charge in [0.1, 0.15) is 10.7 Å². The maximum atomic E-state index is 13.7. The Balaban J connectivity index is 2.40. The monoisotopic (exact) mass is 309 g/mol. The van der Waals surface area contributed by atoms with Crippen molar-refractivity contribution in [1.29, 1.82) is 0 Å². The Morgan fingerprint density at radius 1 is 1.53 bits per heavy atom. The van der Waals surface area contributed by atoms with Crippen LogP contribution in [0.1, 0.15) is 0 Å². The minimum Gasteiger partial charge on any atom is -0.395 e. The zero-order chi connectivity index (χ0) is 14.0. The lowest BCUT2D eigenvalue weighted by molar-refractivity contribution is 0.0108. The molecular weight excluding hydrogens is 297 g/mol. The van der Waals surface area contributed by atoms with E-state index >= 15 is 0 Å². The summed E-state index contributed by atoms with van der Waals surface area (Å²) in [6.45, 7) is -0.0000567. The summed E-state index contributed by atoms with van der Waals surface area (Å²) < 4.78 is 44.6. The Hall–Kier alpha value is -0.730. The molecule has 19 heavy (non-hydrogen) atoms. The van der Waals surface area contributed by atoms with Crippen molar-refractivity contribution in [2.45, 2.75) is 10.9 Å². The predicted molar refractivity (Wildman–Crippen MR) is 67.0 cm³/mol. The van der Waals surface area contributed by atoms with Crippen LogP contribution in [0.5, 0.6) is 0 Å². The molecule has 0 spiro atoms. The SMILES string of the molecule is O=S(=O)(c1ccc(Cl)cc1F)N1CCOCC1CO. The summed E-state index contributed by atoms with van der Waals surface area (Å²) in [5.74, 6) is -0.907. The largest absolute Gasteiger partial charge is 0.395 e. The molecule has 0 aromatic heterocycles. The van der Waals surface area contributed by atoms with Crippen molar-refractivity contribution in [2.24, 2.45) is 0 Å². The van der Waals surface area contributed by atoms with Crippen molar-refractivity contribution >= 4 is 21.6 Å². The molecule has 1 fully saturated rings. The molecule has 0 bridgehead atoms. The molecule has 2 rings (SSSR count). The first-order chi connectivity index (χ1) is 8.96. The fourth-order valence-corrected chi connectivity index (χ4v) is 3.70. The topological polar surface area (TPSA) is 66.8 Å². The van der Waals surface area contributed by atoms with Gasteiger partial charge in [-0.05, 0) is 18.2 Å². The third-order valence-corrected chi connectivity index (χ3v) is 5.09. The lowest BCUT2D eigenvalue weighted by Gasteiger charge is -2.33. The second-order valence-corrected chi connectivity index (χ2v) is 6.40. The Morgan fingerprint density at radius 2 is 2.26 bits per heavy atom. The molecule has 1 aromatic carbocycles. The maximum absolute atomic E-state index is 13.7. The zero-order valence-corrected chi connectivity index (χ0v) is 11.5. The van der Waals surface area contributed by atoms with Crippen molar-refractivity contribution in [1.82, 2.24) is 4.31 Å². The number of nitrogens with zero attached hydrogens (tertiary/aromatic N) is 1. The highest BCUT2D eigenvalue weighted by molar-refractivity contribution is 7.89. The van der Waals surface area contributed by atoms with Crippen LogP contribution < -0.4 is 0 Å².